The van der Waals surface area contributed by atoms with Gasteiger partial charge < -0.3 is 24.5 Å². The largest absolute Gasteiger partial charge is 0.432 e. The van der Waals surface area contributed by atoms with E-state index >= 15 is 0 Å². The summed E-state index contributed by atoms with van der Waals surface area (Å²) in [6.45, 7) is 3.77. The molecule has 2 aliphatic heterocycles. The molecule has 0 unspecified atom stereocenters. The molecule has 2 saturated heterocycles. The van der Waals surface area contributed by atoms with Crippen molar-refractivity contribution in [1.82, 2.24) is 10.3 Å². The van der Waals surface area contributed by atoms with Gasteiger partial charge in [0.1, 0.15) is 6.26 Å². The van der Waals surface area contributed by atoms with E-state index in [1.807, 2.05) is 6.92 Å². The van der Waals surface area contributed by atoms with Crippen molar-refractivity contribution in [3.63, 3.8) is 0 Å². The summed E-state index contributed by atoms with van der Waals surface area (Å²) in [5.74, 6) is 0.552. The molecule has 3 fully saturated rings. The first-order valence-corrected chi connectivity index (χ1v) is 10.3. The van der Waals surface area contributed by atoms with Gasteiger partial charge in [-0.3, -0.25) is 4.79 Å². The highest BCUT2D eigenvalue weighted by atomic mass is 16.5. The Balaban J connectivity index is 1.31. The highest BCUT2D eigenvalue weighted by Crippen LogP contribution is 2.40. The lowest BCUT2D eigenvalue weighted by Gasteiger charge is -2.51. The Morgan fingerprint density at radius 3 is 2.74 bits per heavy atom. The number of piperidine rings is 1. The molecule has 7 nitrogen and oxygen atoms in total. The van der Waals surface area contributed by atoms with Gasteiger partial charge in [-0.2, -0.15) is 0 Å². The van der Waals surface area contributed by atoms with Gasteiger partial charge in [0.15, 0.2) is 0 Å². The zero-order valence-electron chi connectivity index (χ0n) is 16.2. The van der Waals surface area contributed by atoms with Crippen molar-refractivity contribution in [3.05, 3.63) is 12.5 Å². The first-order chi connectivity index (χ1) is 13.0. The minimum absolute atomic E-state index is 0.0467. The van der Waals surface area contributed by atoms with Gasteiger partial charge in [0, 0.05) is 25.9 Å². The van der Waals surface area contributed by atoms with E-state index in [0.29, 0.717) is 31.4 Å². The monoisotopic (exact) mass is 377 g/mol. The average Bonchev–Trinajstić information content (AvgIpc) is 3.32. The van der Waals surface area contributed by atoms with E-state index in [9.17, 15) is 9.90 Å². The van der Waals surface area contributed by atoms with Gasteiger partial charge in [0.05, 0.1) is 30.0 Å². The van der Waals surface area contributed by atoms with E-state index in [4.69, 9.17) is 9.15 Å². The van der Waals surface area contributed by atoms with E-state index in [1.165, 1.54) is 12.8 Å². The number of carbonyl (C=O) groups excluding carboxylic acids is 1. The molecule has 0 radical (unpaired) electrons. The van der Waals surface area contributed by atoms with Gasteiger partial charge in [-0.1, -0.05) is 12.8 Å². The van der Waals surface area contributed by atoms with Gasteiger partial charge in [-0.25, -0.2) is 4.98 Å². The number of ether oxygens (including phenoxy) is 1. The molecule has 1 spiro atoms. The Kier molecular flexibility index (Phi) is 5.16. The van der Waals surface area contributed by atoms with Crippen molar-refractivity contribution in [2.75, 3.05) is 24.6 Å². The van der Waals surface area contributed by atoms with Crippen molar-refractivity contribution >= 4 is 11.9 Å². The van der Waals surface area contributed by atoms with Crippen LogP contribution in [-0.2, 0) is 9.53 Å². The third-order valence-electron chi connectivity index (χ3n) is 6.64. The summed E-state index contributed by atoms with van der Waals surface area (Å²) in [6, 6.07) is 0.297. The molecular weight excluding hydrogens is 346 g/mol. The molecule has 1 aromatic heterocycles. The molecule has 150 valence electrons. The number of anilines is 1. The first kappa shape index (κ1) is 18.7. The van der Waals surface area contributed by atoms with Crippen molar-refractivity contribution < 1.29 is 19.1 Å². The number of carbonyl (C=O) groups is 1. The molecule has 2 atom stereocenters. The Hall–Kier alpha value is -1.60. The third-order valence-corrected chi connectivity index (χ3v) is 6.64. The van der Waals surface area contributed by atoms with Crippen LogP contribution in [0.25, 0.3) is 0 Å². The summed E-state index contributed by atoms with van der Waals surface area (Å²) < 4.78 is 11.6. The predicted octanol–water partition coefficient (Wildman–Crippen LogP) is 2.25. The van der Waals surface area contributed by atoms with E-state index in [-0.39, 0.29) is 17.6 Å². The number of rotatable bonds is 4. The molecule has 0 aromatic carbocycles. The molecule has 1 aliphatic carbocycles. The zero-order chi connectivity index (χ0) is 18.9. The molecule has 1 amide bonds. The second-order valence-electron chi connectivity index (χ2n) is 8.80. The van der Waals surface area contributed by atoms with Crippen LogP contribution in [0.15, 0.2) is 16.9 Å². The minimum Gasteiger partial charge on any atom is -0.432 e. The molecule has 1 aromatic rings. The highest BCUT2D eigenvalue weighted by molar-refractivity contribution is 5.76. The Labute approximate surface area is 160 Å². The van der Waals surface area contributed by atoms with Gasteiger partial charge in [-0.05, 0) is 38.5 Å². The molecule has 3 heterocycles. The summed E-state index contributed by atoms with van der Waals surface area (Å²) in [6.07, 6.45) is 10.7. The number of aliphatic hydroxyl groups is 1. The molecule has 4 rings (SSSR count). The predicted molar refractivity (Wildman–Crippen MR) is 100 cm³/mol. The van der Waals surface area contributed by atoms with Crippen molar-refractivity contribution in [2.24, 2.45) is 5.92 Å². The Bertz CT molecular complexity index is 632. The molecule has 7 heteroatoms. The van der Waals surface area contributed by atoms with Gasteiger partial charge in [0.25, 0.3) is 6.01 Å². The lowest BCUT2D eigenvalue weighted by molar-refractivity contribution is -0.181. The normalized spacial score (nSPS) is 31.3. The number of hydrogen-bond acceptors (Lipinski definition) is 6. The van der Waals surface area contributed by atoms with Crippen molar-refractivity contribution in [2.45, 2.75) is 75.5 Å². The zero-order valence-corrected chi connectivity index (χ0v) is 16.2. The van der Waals surface area contributed by atoms with Gasteiger partial charge in [0.2, 0.25) is 5.91 Å². The maximum absolute atomic E-state index is 12.4. The maximum atomic E-state index is 12.4. The second-order valence-corrected chi connectivity index (χ2v) is 8.80. The van der Waals surface area contributed by atoms with Crippen LogP contribution in [0.2, 0.25) is 0 Å². The molecular formula is C20H31N3O4. The van der Waals surface area contributed by atoms with Gasteiger partial charge in [-0.15, -0.1) is 0 Å². The summed E-state index contributed by atoms with van der Waals surface area (Å²) in [4.78, 5) is 18.7. The second kappa shape index (κ2) is 7.43. The SMILES string of the molecule is C[C@]1(O)CC2(CCN(c3ncco3)CC2)OC[C@@H]1NC(=O)CC1CCCC1. The number of nitrogens with one attached hydrogen (secondary N) is 1. The van der Waals surface area contributed by atoms with Crippen LogP contribution in [0.5, 0.6) is 0 Å². The molecule has 2 N–H and O–H groups in total. The Morgan fingerprint density at radius 2 is 2.11 bits per heavy atom. The van der Waals surface area contributed by atoms with Gasteiger partial charge >= 0.3 is 0 Å². The summed E-state index contributed by atoms with van der Waals surface area (Å²) >= 11 is 0. The topological polar surface area (TPSA) is 87.8 Å². The maximum Gasteiger partial charge on any atom is 0.297 e. The standard InChI is InChI=1S/C20H31N3O4/c1-19(25)14-20(6-9-23(10-7-20)18-21-8-11-26-18)27-13-16(19)22-17(24)12-15-4-2-3-5-15/h8,11,15-16,25H,2-7,9-10,12-14H2,1H3,(H,22,24)/t16-,19-/m0/s1. The van der Waals surface area contributed by atoms with Crippen LogP contribution < -0.4 is 10.2 Å². The molecule has 3 aliphatic rings. The van der Waals surface area contributed by atoms with Crippen molar-refractivity contribution in [3.8, 4) is 0 Å². The van der Waals surface area contributed by atoms with E-state index in [2.05, 4.69) is 15.2 Å². The third kappa shape index (κ3) is 4.14. The van der Waals surface area contributed by atoms with Crippen LogP contribution in [-0.4, -0.2) is 52.9 Å². The number of nitrogens with zero attached hydrogens (tertiary/aromatic N) is 2. The van der Waals surface area contributed by atoms with Crippen LogP contribution in [0.4, 0.5) is 6.01 Å². The molecule has 27 heavy (non-hydrogen) atoms. The van der Waals surface area contributed by atoms with Crippen LogP contribution in [0.3, 0.4) is 0 Å². The lowest BCUT2D eigenvalue weighted by Crippen LogP contribution is -2.64. The Morgan fingerprint density at radius 1 is 1.37 bits per heavy atom. The minimum atomic E-state index is -0.964. The number of aromatic nitrogens is 1. The van der Waals surface area contributed by atoms with E-state index < -0.39 is 5.60 Å². The summed E-state index contributed by atoms with van der Waals surface area (Å²) in [7, 11) is 0. The first-order valence-electron chi connectivity index (χ1n) is 10.3. The van der Waals surface area contributed by atoms with Crippen LogP contribution in [0, 0.1) is 5.92 Å². The fraction of sp³-hybridized carbons (Fsp3) is 0.800. The smallest absolute Gasteiger partial charge is 0.297 e. The molecule has 1 saturated carbocycles. The average molecular weight is 377 g/mol. The fourth-order valence-corrected chi connectivity index (χ4v) is 4.99. The number of hydrogen-bond donors (Lipinski definition) is 2. The highest BCUT2D eigenvalue weighted by Gasteiger charge is 2.49. The molecule has 0 bridgehead atoms. The quantitative estimate of drug-likeness (QED) is 0.837. The van der Waals surface area contributed by atoms with E-state index in [0.717, 1.165) is 38.8 Å². The lowest BCUT2D eigenvalue weighted by atomic mass is 9.75. The number of oxazole rings is 1. The van der Waals surface area contributed by atoms with Crippen molar-refractivity contribution in [1.29, 1.82) is 0 Å². The number of amides is 1. The summed E-state index contributed by atoms with van der Waals surface area (Å²) in [5, 5.41) is 14.1. The van der Waals surface area contributed by atoms with Crippen LogP contribution >= 0.6 is 0 Å². The fourth-order valence-electron chi connectivity index (χ4n) is 4.99. The van der Waals surface area contributed by atoms with Crippen LogP contribution in [0.1, 0.15) is 58.3 Å². The summed E-state index contributed by atoms with van der Waals surface area (Å²) in [5.41, 5.74) is -1.30. The van der Waals surface area contributed by atoms with E-state index in [1.54, 1.807) is 12.5 Å².